The molecule has 0 spiro atoms. The van der Waals surface area contributed by atoms with Crippen LogP contribution in [0.15, 0.2) is 45.7 Å². The standard InChI is InChI=1S/C19H19FN2O4S/c1-12-21-16-7-4-8-17(19(16)25-12)22-27(23,24)14-9-10-18(15(20)11-14)26-13-5-2-3-6-13/h4,7-11,13,22H,2-3,5-6H2,1H3. The molecule has 1 heterocycles. The maximum Gasteiger partial charge on any atom is 0.262 e. The van der Waals surface area contributed by atoms with E-state index in [1.165, 1.54) is 12.1 Å². The zero-order chi connectivity index (χ0) is 19.0. The molecule has 6 nitrogen and oxygen atoms in total. The van der Waals surface area contributed by atoms with Gasteiger partial charge in [-0.2, -0.15) is 0 Å². The van der Waals surface area contributed by atoms with Crippen LogP contribution in [-0.4, -0.2) is 19.5 Å². The van der Waals surface area contributed by atoms with Gasteiger partial charge in [-0.3, -0.25) is 4.72 Å². The third kappa shape index (κ3) is 3.62. The molecule has 0 bridgehead atoms. The first kappa shape index (κ1) is 17.8. The maximum absolute atomic E-state index is 14.4. The summed E-state index contributed by atoms with van der Waals surface area (Å²) in [4.78, 5) is 3.99. The molecule has 0 atom stereocenters. The number of sulfonamides is 1. The first-order valence-corrected chi connectivity index (χ1v) is 10.3. The molecule has 1 fully saturated rings. The Morgan fingerprint density at radius 2 is 2.00 bits per heavy atom. The van der Waals surface area contributed by atoms with Crippen LogP contribution in [0.25, 0.3) is 11.1 Å². The molecule has 1 N–H and O–H groups in total. The van der Waals surface area contributed by atoms with Crippen LogP contribution in [0.3, 0.4) is 0 Å². The van der Waals surface area contributed by atoms with E-state index in [2.05, 4.69) is 9.71 Å². The Hall–Kier alpha value is -2.61. The summed E-state index contributed by atoms with van der Waals surface area (Å²) in [6.07, 6.45) is 3.90. The minimum absolute atomic E-state index is 0.00706. The van der Waals surface area contributed by atoms with Crippen LogP contribution in [0.2, 0.25) is 0 Å². The number of halogens is 1. The molecule has 27 heavy (non-hydrogen) atoms. The van der Waals surface area contributed by atoms with E-state index in [1.54, 1.807) is 25.1 Å². The number of nitrogens with one attached hydrogen (secondary N) is 1. The first-order chi connectivity index (χ1) is 12.9. The topological polar surface area (TPSA) is 81.4 Å². The molecule has 0 unspecified atom stereocenters. The van der Waals surface area contributed by atoms with Gasteiger partial charge in [-0.05, 0) is 56.0 Å². The summed E-state index contributed by atoms with van der Waals surface area (Å²) in [7, 11) is -4.00. The third-order valence-corrected chi connectivity index (χ3v) is 5.94. The Kier molecular flexibility index (Phi) is 4.51. The van der Waals surface area contributed by atoms with Gasteiger partial charge in [-0.1, -0.05) is 6.07 Å². The minimum atomic E-state index is -4.00. The Morgan fingerprint density at radius 1 is 1.22 bits per heavy atom. The van der Waals surface area contributed by atoms with Crippen molar-refractivity contribution in [3.05, 3.63) is 48.1 Å². The highest BCUT2D eigenvalue weighted by atomic mass is 32.2. The lowest BCUT2D eigenvalue weighted by atomic mass is 10.3. The molecule has 0 saturated heterocycles. The van der Waals surface area contributed by atoms with Crippen molar-refractivity contribution in [3.8, 4) is 5.75 Å². The number of aromatic nitrogens is 1. The molecule has 1 saturated carbocycles. The van der Waals surface area contributed by atoms with Crippen LogP contribution in [0, 0.1) is 12.7 Å². The number of anilines is 1. The number of fused-ring (bicyclic) bond motifs is 1. The van der Waals surface area contributed by atoms with Crippen LogP contribution in [0.5, 0.6) is 5.75 Å². The molecule has 142 valence electrons. The van der Waals surface area contributed by atoms with Crippen molar-refractivity contribution in [2.24, 2.45) is 0 Å². The molecule has 1 aliphatic carbocycles. The fourth-order valence-corrected chi connectivity index (χ4v) is 4.35. The van der Waals surface area contributed by atoms with Crippen molar-refractivity contribution in [2.75, 3.05) is 4.72 Å². The minimum Gasteiger partial charge on any atom is -0.487 e. The number of nitrogens with zero attached hydrogens (tertiary/aromatic N) is 1. The zero-order valence-corrected chi connectivity index (χ0v) is 15.6. The Bertz CT molecular complexity index is 1090. The molecular weight excluding hydrogens is 371 g/mol. The highest BCUT2D eigenvalue weighted by molar-refractivity contribution is 7.92. The van der Waals surface area contributed by atoms with Crippen molar-refractivity contribution in [3.63, 3.8) is 0 Å². The number of para-hydroxylation sites is 1. The third-order valence-electron chi connectivity index (χ3n) is 4.58. The van der Waals surface area contributed by atoms with E-state index in [0.29, 0.717) is 17.0 Å². The molecule has 8 heteroatoms. The van der Waals surface area contributed by atoms with Crippen LogP contribution < -0.4 is 9.46 Å². The van der Waals surface area contributed by atoms with E-state index in [-0.39, 0.29) is 22.4 Å². The largest absolute Gasteiger partial charge is 0.487 e. The summed E-state index contributed by atoms with van der Waals surface area (Å²) in [6, 6.07) is 8.62. The molecule has 3 aromatic rings. The molecule has 1 aliphatic rings. The number of benzene rings is 2. The summed E-state index contributed by atoms with van der Waals surface area (Å²) in [5.74, 6) is -0.191. The second-order valence-electron chi connectivity index (χ2n) is 6.61. The fourth-order valence-electron chi connectivity index (χ4n) is 3.27. The predicted molar refractivity (Wildman–Crippen MR) is 98.8 cm³/mol. The van der Waals surface area contributed by atoms with Crippen molar-refractivity contribution in [2.45, 2.75) is 43.6 Å². The van der Waals surface area contributed by atoms with Gasteiger partial charge in [0.1, 0.15) is 5.52 Å². The first-order valence-electron chi connectivity index (χ1n) is 8.77. The van der Waals surface area contributed by atoms with E-state index >= 15 is 0 Å². The van der Waals surface area contributed by atoms with E-state index in [0.717, 1.165) is 31.7 Å². The summed E-state index contributed by atoms with van der Waals surface area (Å²) in [5, 5.41) is 0. The number of oxazole rings is 1. The predicted octanol–water partition coefficient (Wildman–Crippen LogP) is 4.40. The van der Waals surface area contributed by atoms with E-state index in [9.17, 15) is 12.8 Å². The van der Waals surface area contributed by atoms with Crippen molar-refractivity contribution >= 4 is 26.8 Å². The average Bonchev–Trinajstić information content (AvgIpc) is 3.25. The van der Waals surface area contributed by atoms with Gasteiger partial charge in [-0.15, -0.1) is 0 Å². The van der Waals surface area contributed by atoms with Gasteiger partial charge in [-0.25, -0.2) is 17.8 Å². The van der Waals surface area contributed by atoms with Crippen LogP contribution in [0.1, 0.15) is 31.6 Å². The van der Waals surface area contributed by atoms with Gasteiger partial charge in [0.2, 0.25) is 0 Å². The van der Waals surface area contributed by atoms with E-state index < -0.39 is 15.8 Å². The lowest BCUT2D eigenvalue weighted by molar-refractivity contribution is 0.200. The fraction of sp³-hybridized carbons (Fsp3) is 0.316. The Morgan fingerprint density at radius 3 is 2.74 bits per heavy atom. The normalized spacial score (nSPS) is 15.3. The summed E-state index contributed by atoms with van der Waals surface area (Å²) in [6.45, 7) is 1.68. The van der Waals surface area contributed by atoms with Crippen LogP contribution in [0.4, 0.5) is 10.1 Å². The smallest absolute Gasteiger partial charge is 0.262 e. The molecule has 2 aromatic carbocycles. The van der Waals surface area contributed by atoms with Crippen molar-refractivity contribution in [1.82, 2.24) is 4.98 Å². The Labute approximate surface area is 156 Å². The lowest BCUT2D eigenvalue weighted by Crippen LogP contribution is -2.15. The van der Waals surface area contributed by atoms with Gasteiger partial charge in [0, 0.05) is 6.92 Å². The zero-order valence-electron chi connectivity index (χ0n) is 14.7. The SMILES string of the molecule is Cc1nc2cccc(NS(=O)(=O)c3ccc(OC4CCCC4)c(F)c3)c2o1. The molecule has 4 rings (SSSR count). The summed E-state index contributed by atoms with van der Waals surface area (Å²) < 4.78 is 53.3. The number of hydrogen-bond donors (Lipinski definition) is 1. The summed E-state index contributed by atoms with van der Waals surface area (Å²) >= 11 is 0. The second kappa shape index (κ2) is 6.84. The Balaban J connectivity index is 1.60. The highest BCUT2D eigenvalue weighted by Crippen LogP contribution is 2.30. The highest BCUT2D eigenvalue weighted by Gasteiger charge is 2.22. The number of rotatable bonds is 5. The van der Waals surface area contributed by atoms with E-state index in [4.69, 9.17) is 9.15 Å². The van der Waals surface area contributed by atoms with Crippen molar-refractivity contribution < 1.29 is 22.0 Å². The van der Waals surface area contributed by atoms with Crippen LogP contribution >= 0.6 is 0 Å². The molecule has 1 aromatic heterocycles. The average molecular weight is 390 g/mol. The van der Waals surface area contributed by atoms with Gasteiger partial charge in [0.25, 0.3) is 10.0 Å². The van der Waals surface area contributed by atoms with Gasteiger partial charge < -0.3 is 9.15 Å². The lowest BCUT2D eigenvalue weighted by Gasteiger charge is -2.14. The maximum atomic E-state index is 14.4. The van der Waals surface area contributed by atoms with Gasteiger partial charge in [0.05, 0.1) is 16.7 Å². The quantitative estimate of drug-likeness (QED) is 0.698. The number of hydrogen-bond acceptors (Lipinski definition) is 5. The van der Waals surface area contributed by atoms with Gasteiger partial charge >= 0.3 is 0 Å². The second-order valence-corrected chi connectivity index (χ2v) is 8.29. The van der Waals surface area contributed by atoms with Crippen molar-refractivity contribution in [1.29, 1.82) is 0 Å². The van der Waals surface area contributed by atoms with Crippen LogP contribution in [-0.2, 0) is 10.0 Å². The molecule has 0 radical (unpaired) electrons. The number of ether oxygens (including phenoxy) is 1. The number of aryl methyl sites for hydroxylation is 1. The molecule has 0 aliphatic heterocycles. The molecular formula is C19H19FN2O4S. The monoisotopic (exact) mass is 390 g/mol. The van der Waals surface area contributed by atoms with Gasteiger partial charge in [0.15, 0.2) is 23.0 Å². The summed E-state index contributed by atoms with van der Waals surface area (Å²) in [5.41, 5.74) is 1.12. The molecule has 0 amide bonds. The van der Waals surface area contributed by atoms with E-state index in [1.807, 2.05) is 0 Å².